The van der Waals surface area contributed by atoms with Crippen molar-refractivity contribution >= 4 is 19.8 Å². The van der Waals surface area contributed by atoms with Crippen LogP contribution in [-0.2, 0) is 14.2 Å². The topological polar surface area (TPSA) is 61.8 Å². The molecule has 1 aliphatic heterocycles. The SMILES string of the molecule is [B][C@@H]1O[C@H](COC(=O)c2ccccc2)[C@@H](OC(=O)c2ccccc2)[C@@]1(C)F. The summed E-state index contributed by atoms with van der Waals surface area (Å²) in [6.07, 6.45) is -2.33. The molecule has 0 aromatic heterocycles. The quantitative estimate of drug-likeness (QED) is 0.600. The fourth-order valence-corrected chi connectivity index (χ4v) is 2.81. The van der Waals surface area contributed by atoms with E-state index in [4.69, 9.17) is 22.1 Å². The van der Waals surface area contributed by atoms with Gasteiger partial charge in [-0.3, -0.25) is 0 Å². The van der Waals surface area contributed by atoms with Gasteiger partial charge in [0, 0.05) is 0 Å². The number of hydrogen-bond acceptors (Lipinski definition) is 5. The highest BCUT2D eigenvalue weighted by molar-refractivity contribution is 6.12. The van der Waals surface area contributed by atoms with Gasteiger partial charge in [-0.05, 0) is 31.2 Å². The Bertz CT molecular complexity index is 797. The first kappa shape index (κ1) is 19.1. The summed E-state index contributed by atoms with van der Waals surface area (Å²) in [5.74, 6) is -1.30. The minimum atomic E-state index is -2.13. The van der Waals surface area contributed by atoms with Crippen LogP contribution in [0, 0.1) is 0 Å². The van der Waals surface area contributed by atoms with Crippen LogP contribution in [0.2, 0.25) is 0 Å². The lowest BCUT2D eigenvalue weighted by molar-refractivity contribution is -0.0423. The minimum absolute atomic E-state index is 0.272. The summed E-state index contributed by atoms with van der Waals surface area (Å²) >= 11 is 0. The smallest absolute Gasteiger partial charge is 0.338 e. The third-order valence-corrected chi connectivity index (χ3v) is 4.40. The Labute approximate surface area is 157 Å². The number of carbonyl (C=O) groups excluding carboxylic acids is 2. The van der Waals surface area contributed by atoms with E-state index < -0.39 is 35.8 Å². The van der Waals surface area contributed by atoms with E-state index in [1.165, 1.54) is 6.92 Å². The van der Waals surface area contributed by atoms with Gasteiger partial charge in [0.2, 0.25) is 0 Å². The average molecular weight is 368 g/mol. The zero-order valence-electron chi connectivity index (χ0n) is 14.7. The highest BCUT2D eigenvalue weighted by atomic mass is 19.1. The summed E-state index contributed by atoms with van der Waals surface area (Å²) in [6, 6.07) is 15.2. The lowest BCUT2D eigenvalue weighted by atomic mass is 9.83. The molecule has 1 aliphatic rings. The molecule has 138 valence electrons. The van der Waals surface area contributed by atoms with Crippen LogP contribution in [0.3, 0.4) is 0 Å². The van der Waals surface area contributed by atoms with Gasteiger partial charge < -0.3 is 14.2 Å². The van der Waals surface area contributed by atoms with E-state index in [2.05, 4.69) is 0 Å². The lowest BCUT2D eigenvalue weighted by Crippen LogP contribution is -2.45. The maximum Gasteiger partial charge on any atom is 0.338 e. The molecule has 1 heterocycles. The van der Waals surface area contributed by atoms with E-state index in [0.29, 0.717) is 5.56 Å². The highest BCUT2D eigenvalue weighted by Crippen LogP contribution is 2.36. The molecule has 0 unspecified atom stereocenters. The van der Waals surface area contributed by atoms with Crippen molar-refractivity contribution in [1.29, 1.82) is 0 Å². The van der Waals surface area contributed by atoms with Crippen molar-refractivity contribution in [3.05, 3.63) is 71.8 Å². The van der Waals surface area contributed by atoms with E-state index in [1.54, 1.807) is 60.7 Å². The zero-order valence-corrected chi connectivity index (χ0v) is 14.7. The van der Waals surface area contributed by atoms with Crippen LogP contribution in [0.25, 0.3) is 0 Å². The molecule has 0 aliphatic carbocycles. The number of alkyl halides is 1. The van der Waals surface area contributed by atoms with Gasteiger partial charge >= 0.3 is 11.9 Å². The van der Waals surface area contributed by atoms with Crippen molar-refractivity contribution in [3.63, 3.8) is 0 Å². The van der Waals surface area contributed by atoms with Crippen LogP contribution in [0.1, 0.15) is 27.6 Å². The van der Waals surface area contributed by atoms with Crippen LogP contribution in [-0.4, -0.2) is 50.3 Å². The maximum atomic E-state index is 15.0. The molecule has 2 radical (unpaired) electrons. The first-order chi connectivity index (χ1) is 12.9. The molecule has 2 aromatic carbocycles. The maximum absolute atomic E-state index is 15.0. The monoisotopic (exact) mass is 368 g/mol. The van der Waals surface area contributed by atoms with Gasteiger partial charge in [0.1, 0.15) is 20.6 Å². The molecular weight excluding hydrogens is 350 g/mol. The van der Waals surface area contributed by atoms with Gasteiger partial charge in [-0.25, -0.2) is 14.0 Å². The second-order valence-corrected chi connectivity index (χ2v) is 6.40. The molecule has 3 rings (SSSR count). The molecule has 1 saturated heterocycles. The van der Waals surface area contributed by atoms with Gasteiger partial charge in [0.25, 0.3) is 0 Å². The van der Waals surface area contributed by atoms with Gasteiger partial charge in [-0.15, -0.1) is 0 Å². The molecule has 5 nitrogen and oxygen atoms in total. The van der Waals surface area contributed by atoms with Crippen LogP contribution in [0.15, 0.2) is 60.7 Å². The molecule has 27 heavy (non-hydrogen) atoms. The molecule has 4 atom stereocenters. The van der Waals surface area contributed by atoms with Crippen molar-refractivity contribution in [2.45, 2.75) is 30.8 Å². The third-order valence-electron chi connectivity index (χ3n) is 4.40. The van der Waals surface area contributed by atoms with Gasteiger partial charge in [0.15, 0.2) is 11.8 Å². The molecule has 0 N–H and O–H groups in total. The Balaban J connectivity index is 1.69. The molecule has 1 fully saturated rings. The van der Waals surface area contributed by atoms with Crippen LogP contribution >= 0.6 is 0 Å². The molecule has 7 heteroatoms. The Kier molecular flexibility index (Phi) is 5.61. The predicted octanol–water partition coefficient (Wildman–Crippen LogP) is 2.69. The summed E-state index contributed by atoms with van der Waals surface area (Å²) in [5.41, 5.74) is -1.51. The molecule has 0 bridgehead atoms. The normalized spacial score (nSPS) is 27.1. The van der Waals surface area contributed by atoms with Gasteiger partial charge in [-0.1, -0.05) is 36.4 Å². The van der Waals surface area contributed by atoms with E-state index in [9.17, 15) is 14.0 Å². The van der Waals surface area contributed by atoms with E-state index >= 15 is 0 Å². The fourth-order valence-electron chi connectivity index (χ4n) is 2.81. The Morgan fingerprint density at radius 3 is 2.11 bits per heavy atom. The second kappa shape index (κ2) is 7.92. The largest absolute Gasteiger partial charge is 0.459 e. The molecule has 0 spiro atoms. The fraction of sp³-hybridized carbons (Fsp3) is 0.300. The number of halogens is 1. The summed E-state index contributed by atoms with van der Waals surface area (Å²) in [6.45, 7) is 0.896. The highest BCUT2D eigenvalue weighted by Gasteiger charge is 2.54. The van der Waals surface area contributed by atoms with Crippen LogP contribution in [0.5, 0.6) is 0 Å². The lowest BCUT2D eigenvalue weighted by Gasteiger charge is -2.26. The first-order valence-electron chi connectivity index (χ1n) is 8.47. The van der Waals surface area contributed by atoms with Crippen LogP contribution < -0.4 is 0 Å². The molecule has 2 aromatic rings. The van der Waals surface area contributed by atoms with E-state index in [0.717, 1.165) is 0 Å². The molecule has 0 saturated carbocycles. The van der Waals surface area contributed by atoms with Gasteiger partial charge in [-0.2, -0.15) is 0 Å². The number of rotatable bonds is 5. The summed E-state index contributed by atoms with van der Waals surface area (Å²) < 4.78 is 30.9. The number of benzene rings is 2. The zero-order chi connectivity index (χ0) is 19.4. The number of hydrogen-bond donors (Lipinski definition) is 0. The summed E-state index contributed by atoms with van der Waals surface area (Å²) in [7, 11) is 5.70. The van der Waals surface area contributed by atoms with Crippen LogP contribution in [0.4, 0.5) is 4.39 Å². The minimum Gasteiger partial charge on any atom is -0.459 e. The van der Waals surface area contributed by atoms with Crippen molar-refractivity contribution in [2.24, 2.45) is 0 Å². The standard InChI is InChI=1S/C20H18BFO5/c1-20(22)16(27-18(24)14-10-6-3-7-11-14)15(26-19(20)21)12-25-17(23)13-8-4-2-5-9-13/h2-11,15-16,19H,12H2,1H3/t15-,16-,19-,20-/m1/s1. The summed E-state index contributed by atoms with van der Waals surface area (Å²) in [5, 5.41) is 0. The van der Waals surface area contributed by atoms with E-state index in [1.807, 2.05) is 0 Å². The van der Waals surface area contributed by atoms with Crippen molar-refractivity contribution < 1.29 is 28.2 Å². The summed E-state index contributed by atoms with van der Waals surface area (Å²) in [4.78, 5) is 24.4. The van der Waals surface area contributed by atoms with Gasteiger partial charge in [0.05, 0.1) is 17.1 Å². The average Bonchev–Trinajstić information content (AvgIpc) is 2.90. The van der Waals surface area contributed by atoms with Crippen molar-refractivity contribution in [2.75, 3.05) is 6.61 Å². The Morgan fingerprint density at radius 1 is 1.04 bits per heavy atom. The second-order valence-electron chi connectivity index (χ2n) is 6.40. The number of carbonyl (C=O) groups is 2. The predicted molar refractivity (Wildman–Crippen MR) is 96.3 cm³/mol. The Hall–Kier alpha value is -2.67. The number of ether oxygens (including phenoxy) is 3. The van der Waals surface area contributed by atoms with Crippen molar-refractivity contribution in [3.8, 4) is 0 Å². The van der Waals surface area contributed by atoms with Crippen molar-refractivity contribution in [1.82, 2.24) is 0 Å². The molecular formula is C20H18BFO5. The first-order valence-corrected chi connectivity index (χ1v) is 8.47. The number of esters is 2. The van der Waals surface area contributed by atoms with E-state index in [-0.39, 0.29) is 12.2 Å². The molecule has 0 amide bonds. The Morgan fingerprint density at radius 2 is 1.56 bits per heavy atom. The third kappa shape index (κ3) is 4.19.